The minimum atomic E-state index is 0.517. The molecule has 0 atom stereocenters. The van der Waals surface area contributed by atoms with Crippen molar-refractivity contribution >= 4 is 38.6 Å². The van der Waals surface area contributed by atoms with E-state index in [-0.39, 0.29) is 0 Å². The van der Waals surface area contributed by atoms with E-state index in [0.717, 1.165) is 24.9 Å². The Labute approximate surface area is 110 Å². The van der Waals surface area contributed by atoms with Gasteiger partial charge in [0.15, 0.2) is 0 Å². The molecule has 0 aliphatic rings. The highest BCUT2D eigenvalue weighted by Gasteiger charge is 2.12. The van der Waals surface area contributed by atoms with Gasteiger partial charge < -0.3 is 10.5 Å². The van der Waals surface area contributed by atoms with E-state index in [1.165, 1.54) is 0 Å². The van der Waals surface area contributed by atoms with Crippen molar-refractivity contribution in [1.82, 2.24) is 4.98 Å². The molecule has 0 saturated heterocycles. The molecule has 2 N–H and O–H groups in total. The highest BCUT2D eigenvalue weighted by Crippen LogP contribution is 2.34. The SMILES string of the molecule is COCc1nc(-c2cc(Br)cs2)sc1CN. The van der Waals surface area contributed by atoms with Crippen LogP contribution in [0.4, 0.5) is 0 Å². The van der Waals surface area contributed by atoms with Crippen molar-refractivity contribution in [3.63, 3.8) is 0 Å². The van der Waals surface area contributed by atoms with Crippen molar-refractivity contribution < 1.29 is 4.74 Å². The summed E-state index contributed by atoms with van der Waals surface area (Å²) in [6.07, 6.45) is 0. The summed E-state index contributed by atoms with van der Waals surface area (Å²) in [5.41, 5.74) is 6.64. The maximum atomic E-state index is 5.69. The maximum absolute atomic E-state index is 5.69. The minimum Gasteiger partial charge on any atom is -0.378 e. The fourth-order valence-electron chi connectivity index (χ4n) is 1.32. The number of rotatable bonds is 4. The van der Waals surface area contributed by atoms with Crippen LogP contribution in [0.1, 0.15) is 10.6 Å². The van der Waals surface area contributed by atoms with Crippen LogP contribution in [0.25, 0.3) is 9.88 Å². The van der Waals surface area contributed by atoms with E-state index in [0.29, 0.717) is 13.2 Å². The van der Waals surface area contributed by atoms with Crippen LogP contribution in [0.15, 0.2) is 15.9 Å². The zero-order valence-corrected chi connectivity index (χ0v) is 11.9. The van der Waals surface area contributed by atoms with Crippen molar-refractivity contribution in [3.05, 3.63) is 26.5 Å². The number of aromatic nitrogens is 1. The van der Waals surface area contributed by atoms with Crippen molar-refractivity contribution in [2.24, 2.45) is 5.73 Å². The predicted octanol–water partition coefficient (Wildman–Crippen LogP) is 3.24. The Morgan fingerprint density at radius 1 is 1.56 bits per heavy atom. The van der Waals surface area contributed by atoms with E-state index >= 15 is 0 Å². The highest BCUT2D eigenvalue weighted by atomic mass is 79.9. The largest absolute Gasteiger partial charge is 0.378 e. The first kappa shape index (κ1) is 12.2. The number of halogens is 1. The van der Waals surface area contributed by atoms with Crippen molar-refractivity contribution in [2.45, 2.75) is 13.2 Å². The summed E-state index contributed by atoms with van der Waals surface area (Å²) < 4.78 is 6.20. The van der Waals surface area contributed by atoms with Gasteiger partial charge in [-0.15, -0.1) is 22.7 Å². The third kappa shape index (κ3) is 2.52. The van der Waals surface area contributed by atoms with Gasteiger partial charge in [0.05, 0.1) is 17.2 Å². The lowest BCUT2D eigenvalue weighted by Crippen LogP contribution is -1.99. The normalized spacial score (nSPS) is 10.9. The quantitative estimate of drug-likeness (QED) is 0.941. The first-order valence-electron chi connectivity index (χ1n) is 4.66. The molecule has 0 amide bonds. The molecule has 2 rings (SSSR count). The van der Waals surface area contributed by atoms with Gasteiger partial charge in [0, 0.05) is 28.4 Å². The van der Waals surface area contributed by atoms with Crippen LogP contribution >= 0.6 is 38.6 Å². The standard InChI is InChI=1S/C10H11BrN2OS2/c1-14-4-7-9(3-12)16-10(13-7)8-2-6(11)5-15-8/h2,5H,3-4,12H2,1H3. The van der Waals surface area contributed by atoms with Crippen molar-refractivity contribution in [1.29, 1.82) is 0 Å². The molecule has 86 valence electrons. The minimum absolute atomic E-state index is 0.517. The Balaban J connectivity index is 2.35. The lowest BCUT2D eigenvalue weighted by atomic mass is 10.4. The molecule has 0 saturated carbocycles. The second kappa shape index (κ2) is 5.37. The van der Waals surface area contributed by atoms with Gasteiger partial charge in [0.25, 0.3) is 0 Å². The van der Waals surface area contributed by atoms with E-state index < -0.39 is 0 Å². The smallest absolute Gasteiger partial charge is 0.134 e. The molecular formula is C10H11BrN2OS2. The molecule has 0 unspecified atom stereocenters. The van der Waals surface area contributed by atoms with Gasteiger partial charge in [-0.3, -0.25) is 0 Å². The van der Waals surface area contributed by atoms with Gasteiger partial charge in [-0.1, -0.05) is 0 Å². The number of thiazole rings is 1. The number of nitrogens with two attached hydrogens (primary N) is 1. The second-order valence-electron chi connectivity index (χ2n) is 3.16. The molecule has 0 bridgehead atoms. The fraction of sp³-hybridized carbons (Fsp3) is 0.300. The van der Waals surface area contributed by atoms with Crippen molar-refractivity contribution in [2.75, 3.05) is 7.11 Å². The molecule has 0 aliphatic carbocycles. The lowest BCUT2D eigenvalue weighted by molar-refractivity contribution is 0.181. The topological polar surface area (TPSA) is 48.1 Å². The molecule has 0 fully saturated rings. The Kier molecular flexibility index (Phi) is 4.10. The van der Waals surface area contributed by atoms with Crippen LogP contribution in [0.3, 0.4) is 0 Å². The highest BCUT2D eigenvalue weighted by molar-refractivity contribution is 9.10. The number of ether oxygens (including phenoxy) is 1. The number of hydrogen-bond donors (Lipinski definition) is 1. The van der Waals surface area contributed by atoms with E-state index in [2.05, 4.69) is 32.4 Å². The zero-order valence-electron chi connectivity index (χ0n) is 8.70. The molecule has 6 heteroatoms. The third-order valence-electron chi connectivity index (χ3n) is 2.02. The average Bonchev–Trinajstić information content (AvgIpc) is 2.85. The van der Waals surface area contributed by atoms with Gasteiger partial charge in [-0.2, -0.15) is 0 Å². The summed E-state index contributed by atoms with van der Waals surface area (Å²) in [7, 11) is 1.67. The van der Waals surface area contributed by atoms with E-state index in [1.54, 1.807) is 29.8 Å². The van der Waals surface area contributed by atoms with Crippen LogP contribution in [0.5, 0.6) is 0 Å². The fourth-order valence-corrected chi connectivity index (χ4v) is 3.76. The summed E-state index contributed by atoms with van der Waals surface area (Å²) in [4.78, 5) is 6.82. The Bertz CT molecular complexity index is 481. The molecule has 0 aromatic carbocycles. The van der Waals surface area contributed by atoms with E-state index in [1.807, 2.05) is 0 Å². The molecule has 2 aromatic heterocycles. The Morgan fingerprint density at radius 2 is 2.38 bits per heavy atom. The van der Waals surface area contributed by atoms with Crippen LogP contribution in [0.2, 0.25) is 0 Å². The van der Waals surface area contributed by atoms with Crippen LogP contribution in [-0.4, -0.2) is 12.1 Å². The van der Waals surface area contributed by atoms with Gasteiger partial charge in [0.2, 0.25) is 0 Å². The van der Waals surface area contributed by atoms with E-state index in [4.69, 9.17) is 10.5 Å². The van der Waals surface area contributed by atoms with E-state index in [9.17, 15) is 0 Å². The number of hydrogen-bond acceptors (Lipinski definition) is 5. The summed E-state index contributed by atoms with van der Waals surface area (Å²) in [6, 6.07) is 2.07. The molecule has 16 heavy (non-hydrogen) atoms. The van der Waals surface area contributed by atoms with Gasteiger partial charge in [-0.05, 0) is 22.0 Å². The lowest BCUT2D eigenvalue weighted by Gasteiger charge is -1.95. The molecule has 0 spiro atoms. The number of methoxy groups -OCH3 is 1. The summed E-state index contributed by atoms with van der Waals surface area (Å²) in [6.45, 7) is 1.04. The third-order valence-corrected chi connectivity index (χ3v) is 5.00. The van der Waals surface area contributed by atoms with Crippen LogP contribution < -0.4 is 5.73 Å². The number of nitrogens with zero attached hydrogens (tertiary/aromatic N) is 1. The predicted molar refractivity (Wildman–Crippen MR) is 71.7 cm³/mol. The first-order chi connectivity index (χ1) is 7.74. The van der Waals surface area contributed by atoms with Gasteiger partial charge >= 0.3 is 0 Å². The molecule has 2 aromatic rings. The van der Waals surface area contributed by atoms with Gasteiger partial charge in [0.1, 0.15) is 5.01 Å². The Morgan fingerprint density at radius 3 is 2.94 bits per heavy atom. The molecule has 0 radical (unpaired) electrons. The van der Waals surface area contributed by atoms with Crippen molar-refractivity contribution in [3.8, 4) is 9.88 Å². The molecular weight excluding hydrogens is 308 g/mol. The van der Waals surface area contributed by atoms with Crippen LogP contribution in [0, 0.1) is 0 Å². The summed E-state index contributed by atoms with van der Waals surface area (Å²) in [5.74, 6) is 0. The zero-order chi connectivity index (χ0) is 11.5. The first-order valence-corrected chi connectivity index (χ1v) is 7.15. The molecule has 2 heterocycles. The summed E-state index contributed by atoms with van der Waals surface area (Å²) in [5, 5.41) is 3.07. The second-order valence-corrected chi connectivity index (χ2v) is 6.07. The monoisotopic (exact) mass is 318 g/mol. The maximum Gasteiger partial charge on any atom is 0.134 e. The molecule has 3 nitrogen and oxygen atoms in total. The Hall–Kier alpha value is -0.270. The molecule has 0 aliphatic heterocycles. The number of thiophene rings is 1. The van der Waals surface area contributed by atoms with Gasteiger partial charge in [-0.25, -0.2) is 4.98 Å². The van der Waals surface area contributed by atoms with Crippen LogP contribution in [-0.2, 0) is 17.9 Å². The average molecular weight is 319 g/mol. The summed E-state index contributed by atoms with van der Waals surface area (Å²) >= 11 is 6.75.